The van der Waals surface area contributed by atoms with Crippen molar-refractivity contribution < 1.29 is 43.7 Å². The van der Waals surface area contributed by atoms with E-state index in [0.29, 0.717) is 11.3 Å². The molecule has 0 spiro atoms. The van der Waals surface area contributed by atoms with Crippen LogP contribution < -0.4 is 14.4 Å². The van der Waals surface area contributed by atoms with E-state index in [2.05, 4.69) is 15.9 Å². The number of benzene rings is 2. The monoisotopic (exact) mass is 633 g/mol. The number of halogens is 1. The molecule has 0 bridgehead atoms. The quantitative estimate of drug-likeness (QED) is 0.282. The van der Waals surface area contributed by atoms with Crippen molar-refractivity contribution in [2.45, 2.75) is 18.8 Å². The van der Waals surface area contributed by atoms with Crippen LogP contribution in [0.25, 0.3) is 0 Å². The third-order valence-electron chi connectivity index (χ3n) is 8.52. The number of rotatable bonds is 5. The third kappa shape index (κ3) is 4.02. The Hall–Kier alpha value is -4.51. The van der Waals surface area contributed by atoms with E-state index in [1.807, 2.05) is 6.08 Å². The van der Waals surface area contributed by atoms with Gasteiger partial charge in [-0.1, -0.05) is 17.7 Å². The number of aromatic hydroxyl groups is 1. The second-order valence-corrected chi connectivity index (χ2v) is 11.4. The number of nitrogens with zero attached hydrogens (tertiary/aromatic N) is 1. The standard InChI is InChI=1S/C31H24BrNO9/c1-41-15-9-21(34)27(23(10-15)42-2)26-16-6-7-17-24(18(16)11-19-25(26)22(35)12-20(32)28(19)36)30(38)33(29(17)37)14-5-3-4-13(8-14)31(39)40/h3-6,8-10,12,17-18,24,26,34H,7,11H2,1-2H3,(H,39,40). The van der Waals surface area contributed by atoms with Gasteiger partial charge >= 0.3 is 5.97 Å². The summed E-state index contributed by atoms with van der Waals surface area (Å²) in [6.07, 6.45) is 3.23. The maximum Gasteiger partial charge on any atom is 0.335 e. The van der Waals surface area contributed by atoms with E-state index in [0.717, 1.165) is 4.90 Å². The van der Waals surface area contributed by atoms with Gasteiger partial charge < -0.3 is 19.7 Å². The number of hydrogen-bond donors (Lipinski definition) is 2. The molecule has 2 amide bonds. The van der Waals surface area contributed by atoms with Gasteiger partial charge in [0.1, 0.15) is 17.2 Å². The molecule has 3 aliphatic carbocycles. The Kier molecular flexibility index (Phi) is 6.64. The number of Topliss-reactive ketones (excluding diaryl/α,β-unsaturated/α-hetero) is 1. The molecule has 42 heavy (non-hydrogen) atoms. The lowest BCUT2D eigenvalue weighted by atomic mass is 9.59. The van der Waals surface area contributed by atoms with Gasteiger partial charge in [0.15, 0.2) is 11.6 Å². The van der Waals surface area contributed by atoms with Gasteiger partial charge in [0.25, 0.3) is 0 Å². The van der Waals surface area contributed by atoms with Gasteiger partial charge in [0.05, 0.1) is 41.8 Å². The van der Waals surface area contributed by atoms with Crippen LogP contribution in [0.15, 0.2) is 69.8 Å². The number of methoxy groups -OCH3 is 2. The van der Waals surface area contributed by atoms with Crippen LogP contribution >= 0.6 is 15.9 Å². The maximum atomic E-state index is 14.0. The minimum atomic E-state index is -1.20. The van der Waals surface area contributed by atoms with E-state index < -0.39 is 53.0 Å². The Labute approximate surface area is 248 Å². The zero-order valence-electron chi connectivity index (χ0n) is 22.4. The number of amides is 2. The van der Waals surface area contributed by atoms with Gasteiger partial charge in [0, 0.05) is 40.8 Å². The zero-order valence-corrected chi connectivity index (χ0v) is 24.0. The third-order valence-corrected chi connectivity index (χ3v) is 9.11. The normalized spacial score (nSPS) is 25.0. The lowest BCUT2D eigenvalue weighted by Gasteiger charge is -2.42. The van der Waals surface area contributed by atoms with Crippen molar-refractivity contribution in [3.05, 3.63) is 80.9 Å². The molecular formula is C31H24BrNO9. The van der Waals surface area contributed by atoms with Crippen LogP contribution in [0.3, 0.4) is 0 Å². The van der Waals surface area contributed by atoms with Gasteiger partial charge in [-0.3, -0.25) is 24.1 Å². The number of allylic oxidation sites excluding steroid dienone is 6. The number of carbonyl (C=O) groups excluding carboxylic acids is 4. The van der Waals surface area contributed by atoms with Crippen LogP contribution in [0.1, 0.15) is 34.7 Å². The van der Waals surface area contributed by atoms with E-state index in [1.165, 1.54) is 50.6 Å². The fourth-order valence-electron chi connectivity index (χ4n) is 6.73. The number of ether oxygens (including phenoxy) is 2. The number of anilines is 1. The highest BCUT2D eigenvalue weighted by Gasteiger charge is 2.57. The van der Waals surface area contributed by atoms with Crippen molar-refractivity contribution >= 4 is 51.0 Å². The number of imide groups is 1. The van der Waals surface area contributed by atoms with Crippen molar-refractivity contribution in [3.63, 3.8) is 0 Å². The molecule has 214 valence electrons. The molecule has 1 fully saturated rings. The fraction of sp³-hybridized carbons (Fsp3) is 0.258. The molecule has 0 saturated carbocycles. The van der Waals surface area contributed by atoms with Crippen LogP contribution in [0.5, 0.6) is 17.2 Å². The minimum absolute atomic E-state index is 0.0353. The fourth-order valence-corrected chi connectivity index (χ4v) is 7.18. The van der Waals surface area contributed by atoms with Gasteiger partial charge in [0.2, 0.25) is 11.8 Å². The minimum Gasteiger partial charge on any atom is -0.507 e. The molecule has 4 aliphatic rings. The Balaban J connectivity index is 1.51. The predicted molar refractivity (Wildman–Crippen MR) is 152 cm³/mol. The topological polar surface area (TPSA) is 148 Å². The van der Waals surface area contributed by atoms with E-state index in [9.17, 15) is 34.2 Å². The van der Waals surface area contributed by atoms with Gasteiger partial charge in [-0.15, -0.1) is 0 Å². The van der Waals surface area contributed by atoms with Gasteiger partial charge in [-0.2, -0.15) is 0 Å². The lowest BCUT2D eigenvalue weighted by Crippen LogP contribution is -2.39. The smallest absolute Gasteiger partial charge is 0.335 e. The number of ketones is 2. The Bertz CT molecular complexity index is 1720. The van der Waals surface area contributed by atoms with Crippen molar-refractivity contribution in [2.24, 2.45) is 17.8 Å². The molecule has 4 atom stereocenters. The molecule has 6 rings (SSSR count). The second-order valence-electron chi connectivity index (χ2n) is 10.5. The number of hydrogen-bond acceptors (Lipinski definition) is 8. The lowest BCUT2D eigenvalue weighted by molar-refractivity contribution is -0.123. The van der Waals surface area contributed by atoms with Crippen LogP contribution in [0.4, 0.5) is 5.69 Å². The Morgan fingerprint density at radius 3 is 2.48 bits per heavy atom. The molecule has 2 aromatic carbocycles. The highest BCUT2D eigenvalue weighted by molar-refractivity contribution is 9.12. The first-order valence-corrected chi connectivity index (χ1v) is 13.9. The largest absolute Gasteiger partial charge is 0.507 e. The second kappa shape index (κ2) is 10.1. The van der Waals surface area contributed by atoms with E-state index in [-0.39, 0.29) is 56.8 Å². The predicted octanol–water partition coefficient (Wildman–Crippen LogP) is 4.07. The molecular weight excluding hydrogens is 610 g/mol. The SMILES string of the molecule is COc1cc(O)c(C2C3=CCC4C(=O)N(c5cccc(C(=O)O)c5)C(=O)C4C3CC3=C2C(=O)C=C(Br)C3=O)c(OC)c1. The maximum absolute atomic E-state index is 14.0. The number of carboxylic acids is 1. The number of aromatic carboxylic acids is 1. The Morgan fingerprint density at radius 2 is 1.79 bits per heavy atom. The molecule has 4 unspecified atom stereocenters. The molecule has 1 saturated heterocycles. The first kappa shape index (κ1) is 27.6. The number of phenols is 1. The van der Waals surface area contributed by atoms with Crippen LogP contribution in [-0.2, 0) is 19.2 Å². The summed E-state index contributed by atoms with van der Waals surface area (Å²) >= 11 is 3.19. The van der Waals surface area contributed by atoms with Crippen molar-refractivity contribution in [2.75, 3.05) is 19.1 Å². The summed E-state index contributed by atoms with van der Waals surface area (Å²) in [7, 11) is 2.84. The van der Waals surface area contributed by atoms with Gasteiger partial charge in [-0.25, -0.2) is 4.79 Å². The summed E-state index contributed by atoms with van der Waals surface area (Å²) in [5, 5.41) is 20.7. The zero-order chi connectivity index (χ0) is 30.0. The summed E-state index contributed by atoms with van der Waals surface area (Å²) in [5.74, 6) is -5.88. The van der Waals surface area contributed by atoms with E-state index >= 15 is 0 Å². The van der Waals surface area contributed by atoms with Crippen molar-refractivity contribution in [3.8, 4) is 17.2 Å². The summed E-state index contributed by atoms with van der Waals surface area (Å²) in [4.78, 5) is 67.2. The number of carboxylic acid groups (broad SMARTS) is 1. The first-order valence-electron chi connectivity index (χ1n) is 13.1. The number of phenolic OH excluding ortho intramolecular Hbond substituents is 1. The number of carbonyl (C=O) groups is 5. The summed E-state index contributed by atoms with van der Waals surface area (Å²) in [5.41, 5.74) is 1.34. The highest BCUT2D eigenvalue weighted by atomic mass is 79.9. The summed E-state index contributed by atoms with van der Waals surface area (Å²) in [6, 6.07) is 8.57. The molecule has 10 nitrogen and oxygen atoms in total. The molecule has 2 N–H and O–H groups in total. The van der Waals surface area contributed by atoms with Crippen LogP contribution in [0, 0.1) is 17.8 Å². The average molecular weight is 634 g/mol. The van der Waals surface area contributed by atoms with Crippen LogP contribution in [-0.4, -0.2) is 53.8 Å². The van der Waals surface area contributed by atoms with Crippen molar-refractivity contribution in [1.82, 2.24) is 0 Å². The van der Waals surface area contributed by atoms with Gasteiger partial charge in [-0.05, 0) is 52.9 Å². The highest BCUT2D eigenvalue weighted by Crippen LogP contribution is 2.58. The molecule has 1 heterocycles. The Morgan fingerprint density at radius 1 is 1.02 bits per heavy atom. The molecule has 0 aromatic heterocycles. The summed E-state index contributed by atoms with van der Waals surface area (Å²) in [6.45, 7) is 0. The molecule has 0 radical (unpaired) electrons. The molecule has 1 aliphatic heterocycles. The van der Waals surface area contributed by atoms with Crippen LogP contribution in [0.2, 0.25) is 0 Å². The summed E-state index contributed by atoms with van der Waals surface area (Å²) < 4.78 is 11.0. The number of fused-ring (bicyclic) bond motifs is 3. The van der Waals surface area contributed by atoms with Crippen molar-refractivity contribution in [1.29, 1.82) is 0 Å². The first-order chi connectivity index (χ1) is 20.1. The average Bonchev–Trinajstić information content (AvgIpc) is 3.24. The van der Waals surface area contributed by atoms with E-state index in [4.69, 9.17) is 9.47 Å². The molecule has 11 heteroatoms. The van der Waals surface area contributed by atoms with E-state index in [1.54, 1.807) is 6.07 Å². The molecule has 2 aromatic rings.